The summed E-state index contributed by atoms with van der Waals surface area (Å²) in [5.74, 6) is 1.66. The van der Waals surface area contributed by atoms with Crippen molar-refractivity contribution < 1.29 is 9.47 Å². The van der Waals surface area contributed by atoms with Gasteiger partial charge < -0.3 is 9.47 Å². The zero-order valence-electron chi connectivity index (χ0n) is 13.4. The van der Waals surface area contributed by atoms with Gasteiger partial charge in [-0.05, 0) is 36.1 Å². The lowest BCUT2D eigenvalue weighted by atomic mass is 10.2. The summed E-state index contributed by atoms with van der Waals surface area (Å²) in [5.41, 5.74) is 0.520. The van der Waals surface area contributed by atoms with E-state index in [1.165, 1.54) is 16.0 Å². The monoisotopic (exact) mass is 375 g/mol. The van der Waals surface area contributed by atoms with Crippen LogP contribution in [0.2, 0.25) is 5.02 Å². The maximum atomic E-state index is 12.5. The summed E-state index contributed by atoms with van der Waals surface area (Å²) in [6, 6.07) is 5.29. The molecule has 25 heavy (non-hydrogen) atoms. The van der Waals surface area contributed by atoms with Crippen molar-refractivity contribution in [3.63, 3.8) is 0 Å². The van der Waals surface area contributed by atoms with E-state index >= 15 is 0 Å². The zero-order chi connectivity index (χ0) is 17.4. The maximum absolute atomic E-state index is 12.5. The molecule has 1 aromatic carbocycles. The summed E-state index contributed by atoms with van der Waals surface area (Å²) >= 11 is 7.72. The van der Waals surface area contributed by atoms with Gasteiger partial charge >= 0.3 is 0 Å². The molecule has 0 N–H and O–H groups in total. The van der Waals surface area contributed by atoms with E-state index in [2.05, 4.69) is 10.1 Å². The summed E-state index contributed by atoms with van der Waals surface area (Å²) in [4.78, 5) is 17.6. The molecule has 2 aromatic heterocycles. The number of hydrogen-bond acceptors (Lipinski definition) is 6. The zero-order valence-corrected chi connectivity index (χ0v) is 14.9. The van der Waals surface area contributed by atoms with E-state index < -0.39 is 0 Å². The standard InChI is InChI=1S/C17H14ClN3O3S/c1-10-20-16-12(3-6-25-16)17(22)21(10)19-9-11-7-13(18)15-14(8-11)23-4-2-5-24-15/h3,6-9H,2,4-5H2,1H3/b19-9-. The second-order valence-corrected chi connectivity index (χ2v) is 6.84. The predicted octanol–water partition coefficient (Wildman–Crippen LogP) is 3.46. The fourth-order valence-corrected chi connectivity index (χ4v) is 3.67. The van der Waals surface area contributed by atoms with Crippen LogP contribution in [0.4, 0.5) is 0 Å². The quantitative estimate of drug-likeness (QED) is 0.643. The third-order valence-electron chi connectivity index (χ3n) is 3.78. The summed E-state index contributed by atoms with van der Waals surface area (Å²) in [6.07, 6.45) is 2.37. The molecule has 0 saturated carbocycles. The fourth-order valence-electron chi connectivity index (χ4n) is 2.59. The van der Waals surface area contributed by atoms with Crippen molar-refractivity contribution in [3.05, 3.63) is 50.3 Å². The first-order chi connectivity index (χ1) is 12.1. The smallest absolute Gasteiger partial charge is 0.282 e. The number of nitrogens with zero attached hydrogens (tertiary/aromatic N) is 3. The van der Waals surface area contributed by atoms with Crippen molar-refractivity contribution in [3.8, 4) is 11.5 Å². The Morgan fingerprint density at radius 2 is 2.20 bits per heavy atom. The number of rotatable bonds is 2. The minimum Gasteiger partial charge on any atom is -0.489 e. The van der Waals surface area contributed by atoms with E-state index in [9.17, 15) is 4.79 Å². The topological polar surface area (TPSA) is 65.7 Å². The number of ether oxygens (including phenoxy) is 2. The average Bonchev–Trinajstić information content (AvgIpc) is 2.91. The molecule has 0 fully saturated rings. The van der Waals surface area contributed by atoms with Gasteiger partial charge in [-0.15, -0.1) is 11.3 Å². The highest BCUT2D eigenvalue weighted by molar-refractivity contribution is 7.16. The molecule has 0 bridgehead atoms. The number of fused-ring (bicyclic) bond motifs is 2. The molecule has 0 saturated heterocycles. The van der Waals surface area contributed by atoms with Crippen molar-refractivity contribution in [2.45, 2.75) is 13.3 Å². The second-order valence-electron chi connectivity index (χ2n) is 5.54. The number of hydrogen-bond donors (Lipinski definition) is 0. The van der Waals surface area contributed by atoms with Crippen LogP contribution < -0.4 is 15.0 Å². The Hall–Kier alpha value is -2.38. The summed E-state index contributed by atoms with van der Waals surface area (Å²) < 4.78 is 12.6. The average molecular weight is 376 g/mol. The molecule has 1 aliphatic heterocycles. The highest BCUT2D eigenvalue weighted by Crippen LogP contribution is 2.37. The normalized spacial score (nSPS) is 14.2. The van der Waals surface area contributed by atoms with Crippen molar-refractivity contribution in [2.24, 2.45) is 5.10 Å². The molecule has 1 aliphatic rings. The van der Waals surface area contributed by atoms with E-state index in [0.29, 0.717) is 51.3 Å². The molecule has 3 aromatic rings. The molecule has 4 rings (SSSR count). The van der Waals surface area contributed by atoms with E-state index in [0.717, 1.165) is 6.42 Å². The van der Waals surface area contributed by atoms with Gasteiger partial charge in [-0.1, -0.05) is 11.6 Å². The van der Waals surface area contributed by atoms with Crippen molar-refractivity contribution in [2.75, 3.05) is 13.2 Å². The molecular formula is C17H14ClN3O3S. The molecule has 128 valence electrons. The summed E-state index contributed by atoms with van der Waals surface area (Å²) in [6.45, 7) is 2.89. The predicted molar refractivity (Wildman–Crippen MR) is 98.7 cm³/mol. The maximum Gasteiger partial charge on any atom is 0.282 e. The number of thiophene rings is 1. The Morgan fingerprint density at radius 3 is 3.08 bits per heavy atom. The van der Waals surface area contributed by atoms with Gasteiger partial charge in [0.2, 0.25) is 0 Å². The van der Waals surface area contributed by atoms with Gasteiger partial charge in [-0.2, -0.15) is 9.78 Å². The minimum absolute atomic E-state index is 0.194. The van der Waals surface area contributed by atoms with Gasteiger partial charge in [-0.3, -0.25) is 4.79 Å². The Labute approximate surface area is 152 Å². The van der Waals surface area contributed by atoms with Gasteiger partial charge in [0.25, 0.3) is 5.56 Å². The first-order valence-electron chi connectivity index (χ1n) is 7.74. The van der Waals surface area contributed by atoms with Gasteiger partial charge in [0.1, 0.15) is 10.7 Å². The fraction of sp³-hybridized carbons (Fsp3) is 0.235. The van der Waals surface area contributed by atoms with E-state index in [1.807, 2.05) is 5.38 Å². The molecule has 0 amide bonds. The second kappa shape index (κ2) is 6.50. The first kappa shape index (κ1) is 16.1. The van der Waals surface area contributed by atoms with Crippen LogP contribution in [0.3, 0.4) is 0 Å². The first-order valence-corrected chi connectivity index (χ1v) is 8.99. The van der Waals surface area contributed by atoms with Crippen LogP contribution in [0.1, 0.15) is 17.8 Å². The van der Waals surface area contributed by atoms with Crippen molar-refractivity contribution >= 4 is 39.4 Å². The molecule has 0 aliphatic carbocycles. The molecule has 0 radical (unpaired) electrons. The number of aryl methyl sites for hydroxylation is 1. The Balaban J connectivity index is 1.74. The number of halogens is 1. The van der Waals surface area contributed by atoms with Crippen LogP contribution in [0, 0.1) is 6.92 Å². The van der Waals surface area contributed by atoms with Crippen LogP contribution >= 0.6 is 22.9 Å². The van der Waals surface area contributed by atoms with E-state index in [-0.39, 0.29) is 5.56 Å². The van der Waals surface area contributed by atoms with Crippen LogP contribution in [0.15, 0.2) is 33.5 Å². The van der Waals surface area contributed by atoms with Gasteiger partial charge in [0, 0.05) is 6.42 Å². The van der Waals surface area contributed by atoms with Crippen LogP contribution in [0.25, 0.3) is 10.2 Å². The molecule has 0 spiro atoms. The summed E-state index contributed by atoms with van der Waals surface area (Å²) in [7, 11) is 0. The SMILES string of the molecule is Cc1nc2sccc2c(=O)n1/N=C\c1cc(Cl)c2c(c1)OCCCO2. The van der Waals surface area contributed by atoms with E-state index in [1.54, 1.807) is 31.3 Å². The lowest BCUT2D eigenvalue weighted by Crippen LogP contribution is -2.19. The highest BCUT2D eigenvalue weighted by atomic mass is 35.5. The molecule has 0 atom stereocenters. The minimum atomic E-state index is -0.194. The van der Waals surface area contributed by atoms with Gasteiger partial charge in [0.15, 0.2) is 11.5 Å². The van der Waals surface area contributed by atoms with Crippen LogP contribution in [-0.4, -0.2) is 29.1 Å². The van der Waals surface area contributed by atoms with Crippen molar-refractivity contribution in [1.29, 1.82) is 0 Å². The number of aromatic nitrogens is 2. The lowest BCUT2D eigenvalue weighted by Gasteiger charge is -2.10. The van der Waals surface area contributed by atoms with Crippen molar-refractivity contribution in [1.82, 2.24) is 9.66 Å². The Kier molecular flexibility index (Phi) is 4.19. The van der Waals surface area contributed by atoms with Gasteiger partial charge in [-0.25, -0.2) is 4.98 Å². The van der Waals surface area contributed by atoms with E-state index in [4.69, 9.17) is 21.1 Å². The molecule has 3 heterocycles. The summed E-state index contributed by atoms with van der Waals surface area (Å²) in [5, 5.41) is 7.14. The van der Waals surface area contributed by atoms with Gasteiger partial charge in [0.05, 0.1) is 29.8 Å². The Bertz CT molecular complexity index is 1040. The largest absolute Gasteiger partial charge is 0.489 e. The molecule has 8 heteroatoms. The molecule has 6 nitrogen and oxygen atoms in total. The van der Waals surface area contributed by atoms with Crippen LogP contribution in [0.5, 0.6) is 11.5 Å². The third-order valence-corrected chi connectivity index (χ3v) is 4.87. The van der Waals surface area contributed by atoms with Crippen LogP contribution in [-0.2, 0) is 0 Å². The third kappa shape index (κ3) is 3.01. The highest BCUT2D eigenvalue weighted by Gasteiger charge is 2.15. The Morgan fingerprint density at radius 1 is 1.36 bits per heavy atom. The molecular weight excluding hydrogens is 362 g/mol. The number of benzene rings is 1. The molecule has 0 unspecified atom stereocenters. The lowest BCUT2D eigenvalue weighted by molar-refractivity contribution is 0.297.